The molecule has 2 aromatic heterocycles. The molecule has 0 bridgehead atoms. The van der Waals surface area contributed by atoms with E-state index in [1.54, 1.807) is 11.3 Å². The van der Waals surface area contributed by atoms with E-state index in [-0.39, 0.29) is 6.04 Å². The zero-order valence-electron chi connectivity index (χ0n) is 17.2. The Labute approximate surface area is 176 Å². The highest BCUT2D eigenvalue weighted by molar-refractivity contribution is 7.17. The number of rotatable bonds is 4. The summed E-state index contributed by atoms with van der Waals surface area (Å²) in [7, 11) is 0. The van der Waals surface area contributed by atoms with Crippen LogP contribution in [0.15, 0.2) is 16.0 Å². The van der Waals surface area contributed by atoms with Crippen LogP contribution >= 0.6 is 11.3 Å². The van der Waals surface area contributed by atoms with Crippen molar-refractivity contribution in [1.29, 1.82) is 0 Å². The molecule has 2 N–H and O–H groups in total. The van der Waals surface area contributed by atoms with Crippen LogP contribution in [0.25, 0.3) is 10.3 Å². The van der Waals surface area contributed by atoms with Crippen LogP contribution in [0.3, 0.4) is 0 Å². The van der Waals surface area contributed by atoms with E-state index in [0.29, 0.717) is 0 Å². The summed E-state index contributed by atoms with van der Waals surface area (Å²) < 4.78 is 6.55. The van der Waals surface area contributed by atoms with E-state index in [9.17, 15) is 4.79 Å². The quantitative estimate of drug-likeness (QED) is 0.769. The number of anilines is 1. The molecule has 3 aliphatic rings. The summed E-state index contributed by atoms with van der Waals surface area (Å²) in [4.78, 5) is 15.2. The number of nitrogens with one attached hydrogen (secondary N) is 1. The van der Waals surface area contributed by atoms with Crippen molar-refractivity contribution in [2.75, 3.05) is 37.6 Å². The third kappa shape index (κ3) is 5.63. The summed E-state index contributed by atoms with van der Waals surface area (Å²) in [5, 5.41) is 17.2. The van der Waals surface area contributed by atoms with E-state index in [0.717, 1.165) is 75.1 Å². The number of thiophene rings is 1. The van der Waals surface area contributed by atoms with Crippen molar-refractivity contribution in [1.82, 2.24) is 15.4 Å². The summed E-state index contributed by atoms with van der Waals surface area (Å²) in [5.41, 5.74) is 0.926. The summed E-state index contributed by atoms with van der Waals surface area (Å²) in [6, 6.07) is 2.21. The smallest absolute Gasteiger partial charge is 0.404 e. The minimum atomic E-state index is -0.885. The predicted octanol–water partition coefficient (Wildman–Crippen LogP) is 4.25. The summed E-state index contributed by atoms with van der Waals surface area (Å²) in [6.45, 7) is 8.00. The Balaban J connectivity index is 0.000000161. The van der Waals surface area contributed by atoms with Crippen molar-refractivity contribution < 1.29 is 14.4 Å². The normalized spacial score (nSPS) is 25.5. The van der Waals surface area contributed by atoms with Gasteiger partial charge in [-0.25, -0.2) is 4.79 Å². The second-order valence-electron chi connectivity index (χ2n) is 8.76. The molecule has 2 saturated carbocycles. The van der Waals surface area contributed by atoms with Crippen molar-refractivity contribution in [3.63, 3.8) is 0 Å². The number of nitrogens with zero attached hydrogens (tertiary/aromatic N) is 3. The molecule has 0 spiro atoms. The molecular formula is C21H32N4O3S. The lowest BCUT2D eigenvalue weighted by Gasteiger charge is -2.34. The largest absolute Gasteiger partial charge is 0.465 e. The number of fused-ring (bicyclic) bond motifs is 1. The van der Waals surface area contributed by atoms with E-state index in [1.807, 2.05) is 6.07 Å². The lowest BCUT2D eigenvalue weighted by Crippen LogP contribution is -2.47. The Morgan fingerprint density at radius 1 is 1.21 bits per heavy atom. The van der Waals surface area contributed by atoms with Crippen LogP contribution in [0.4, 0.5) is 10.6 Å². The molecule has 3 heterocycles. The molecule has 3 fully saturated rings. The number of carboxylic acid groups (broad SMARTS) is 1. The van der Waals surface area contributed by atoms with Gasteiger partial charge in [0, 0.05) is 38.8 Å². The first-order valence-corrected chi connectivity index (χ1v) is 11.8. The molecule has 29 heavy (non-hydrogen) atoms. The van der Waals surface area contributed by atoms with Gasteiger partial charge in [0.1, 0.15) is 4.70 Å². The Morgan fingerprint density at radius 3 is 2.59 bits per heavy atom. The first-order chi connectivity index (χ1) is 14.1. The van der Waals surface area contributed by atoms with Crippen molar-refractivity contribution in [2.45, 2.75) is 51.5 Å². The molecule has 2 aliphatic carbocycles. The summed E-state index contributed by atoms with van der Waals surface area (Å²) >= 11 is 1.72. The monoisotopic (exact) mass is 420 g/mol. The SMILES string of the molecule is CC1CCC(NC(=O)O)CC1.c1cc2onc(N3CCN(CC4CC4)CC3)c2s1. The zero-order valence-corrected chi connectivity index (χ0v) is 18.0. The number of carbonyl (C=O) groups is 1. The van der Waals surface area contributed by atoms with Gasteiger partial charge in [0.2, 0.25) is 0 Å². The molecule has 0 radical (unpaired) electrons. The topological polar surface area (TPSA) is 81.8 Å². The molecule has 1 aliphatic heterocycles. The lowest BCUT2D eigenvalue weighted by atomic mass is 9.87. The van der Waals surface area contributed by atoms with Gasteiger partial charge in [0.05, 0.1) is 0 Å². The molecule has 0 atom stereocenters. The number of piperazine rings is 1. The fourth-order valence-corrected chi connectivity index (χ4v) is 5.08. The number of hydrogen-bond donors (Lipinski definition) is 2. The fraction of sp³-hybridized carbons (Fsp3) is 0.714. The standard InChI is InChI=1S/C13H17N3OS.C8H15NO2/c1-2-10(1)9-15-4-6-16(7-5-15)13-12-11(17-14-13)3-8-18-12;1-6-2-4-7(5-3-6)9-8(10)11/h3,8,10H,1-2,4-7,9H2;6-7,9H,2-5H2,1H3,(H,10,11). The van der Waals surface area contributed by atoms with E-state index < -0.39 is 6.09 Å². The van der Waals surface area contributed by atoms with Gasteiger partial charge in [0.15, 0.2) is 11.4 Å². The van der Waals surface area contributed by atoms with Gasteiger partial charge in [-0.15, -0.1) is 11.3 Å². The van der Waals surface area contributed by atoms with Crippen LogP contribution in [0.5, 0.6) is 0 Å². The predicted molar refractivity (Wildman–Crippen MR) is 116 cm³/mol. The van der Waals surface area contributed by atoms with E-state index >= 15 is 0 Å². The fourth-order valence-electron chi connectivity index (χ4n) is 4.25. The highest BCUT2D eigenvalue weighted by atomic mass is 32.1. The number of aromatic nitrogens is 1. The molecule has 7 nitrogen and oxygen atoms in total. The van der Waals surface area contributed by atoms with Crippen molar-refractivity contribution in [3.05, 3.63) is 11.4 Å². The molecule has 0 aromatic carbocycles. The van der Waals surface area contributed by atoms with Crippen molar-refractivity contribution >= 4 is 33.5 Å². The van der Waals surface area contributed by atoms with Crippen molar-refractivity contribution in [2.24, 2.45) is 11.8 Å². The zero-order chi connectivity index (χ0) is 20.2. The second kappa shape index (κ2) is 9.34. The van der Waals surface area contributed by atoms with Crippen molar-refractivity contribution in [3.8, 4) is 0 Å². The van der Waals surface area contributed by atoms with Gasteiger partial charge in [-0.3, -0.25) is 4.90 Å². The van der Waals surface area contributed by atoms with Gasteiger partial charge >= 0.3 is 6.09 Å². The van der Waals surface area contributed by atoms with Crippen LogP contribution in [-0.4, -0.2) is 60.0 Å². The van der Waals surface area contributed by atoms with Gasteiger partial charge in [-0.2, -0.15) is 0 Å². The van der Waals surface area contributed by atoms with E-state index in [2.05, 4.69) is 32.6 Å². The third-order valence-corrected chi connectivity index (χ3v) is 7.18. The maximum Gasteiger partial charge on any atom is 0.404 e. The average Bonchev–Trinajstić information content (AvgIpc) is 3.24. The second-order valence-corrected chi connectivity index (χ2v) is 9.67. The molecule has 1 saturated heterocycles. The maximum atomic E-state index is 10.2. The number of amides is 1. The van der Waals surface area contributed by atoms with E-state index in [4.69, 9.17) is 9.63 Å². The minimum Gasteiger partial charge on any atom is -0.465 e. The molecule has 1 amide bonds. The minimum absolute atomic E-state index is 0.212. The highest BCUT2D eigenvalue weighted by Gasteiger charge is 2.27. The highest BCUT2D eigenvalue weighted by Crippen LogP contribution is 2.33. The van der Waals surface area contributed by atoms with Crippen LogP contribution in [0.2, 0.25) is 0 Å². The number of hydrogen-bond acceptors (Lipinski definition) is 6. The molecule has 8 heteroatoms. The van der Waals surface area contributed by atoms with Gasteiger partial charge in [-0.05, 0) is 61.8 Å². The van der Waals surface area contributed by atoms with Crippen LogP contribution in [-0.2, 0) is 0 Å². The molecular weight excluding hydrogens is 388 g/mol. The van der Waals surface area contributed by atoms with Crippen LogP contribution in [0.1, 0.15) is 45.4 Å². The molecule has 0 unspecified atom stereocenters. The average molecular weight is 421 g/mol. The Bertz CT molecular complexity index is 787. The molecule has 5 rings (SSSR count). The van der Waals surface area contributed by atoms with Crippen LogP contribution in [0, 0.1) is 11.8 Å². The van der Waals surface area contributed by atoms with Crippen LogP contribution < -0.4 is 10.2 Å². The third-order valence-electron chi connectivity index (χ3n) is 6.29. The van der Waals surface area contributed by atoms with Gasteiger partial charge in [-0.1, -0.05) is 12.1 Å². The summed E-state index contributed by atoms with van der Waals surface area (Å²) in [5.74, 6) is 2.82. The first kappa shape index (κ1) is 20.5. The Morgan fingerprint density at radius 2 is 1.93 bits per heavy atom. The Kier molecular flexibility index (Phi) is 6.60. The Hall–Kier alpha value is -1.80. The van der Waals surface area contributed by atoms with Gasteiger partial charge in [0.25, 0.3) is 0 Å². The van der Waals surface area contributed by atoms with Gasteiger partial charge < -0.3 is 19.8 Å². The summed E-state index contributed by atoms with van der Waals surface area (Å²) in [6.07, 6.45) is 6.33. The lowest BCUT2D eigenvalue weighted by molar-refractivity contribution is 0.183. The molecule has 160 valence electrons. The maximum absolute atomic E-state index is 10.2. The van der Waals surface area contributed by atoms with E-state index in [1.165, 1.54) is 24.1 Å². The first-order valence-electron chi connectivity index (χ1n) is 10.9. The molecule has 2 aromatic rings.